The van der Waals surface area contributed by atoms with Crippen LogP contribution in [0.2, 0.25) is 0 Å². The molecule has 1 heterocycles. The third kappa shape index (κ3) is 3.38. The molecular formula is C20H32N2. The van der Waals surface area contributed by atoms with E-state index in [-0.39, 0.29) is 0 Å². The van der Waals surface area contributed by atoms with E-state index in [4.69, 9.17) is 5.73 Å². The zero-order valence-corrected chi connectivity index (χ0v) is 14.4. The maximum absolute atomic E-state index is 6.19. The second-order valence-corrected chi connectivity index (χ2v) is 7.54. The highest BCUT2D eigenvalue weighted by Crippen LogP contribution is 2.34. The van der Waals surface area contributed by atoms with Crippen molar-refractivity contribution in [3.63, 3.8) is 0 Å². The first kappa shape index (κ1) is 16.0. The summed E-state index contributed by atoms with van der Waals surface area (Å²) in [5, 5.41) is 0. The average molecular weight is 300 g/mol. The van der Waals surface area contributed by atoms with Crippen LogP contribution in [-0.2, 0) is 12.8 Å². The summed E-state index contributed by atoms with van der Waals surface area (Å²) in [6, 6.07) is 7.92. The Hall–Kier alpha value is -0.860. The van der Waals surface area contributed by atoms with Crippen molar-refractivity contribution in [3.8, 4) is 0 Å². The molecular weight excluding hydrogens is 268 g/mol. The van der Waals surface area contributed by atoms with Gasteiger partial charge in [-0.15, -0.1) is 0 Å². The Bertz CT molecular complexity index is 486. The summed E-state index contributed by atoms with van der Waals surface area (Å²) in [6.45, 7) is 7.90. The molecule has 1 unspecified atom stereocenters. The lowest BCUT2D eigenvalue weighted by Crippen LogP contribution is -2.40. The molecule has 2 aliphatic rings. The van der Waals surface area contributed by atoms with Gasteiger partial charge >= 0.3 is 0 Å². The molecule has 2 N–H and O–H groups in total. The van der Waals surface area contributed by atoms with E-state index in [9.17, 15) is 0 Å². The van der Waals surface area contributed by atoms with Crippen molar-refractivity contribution >= 4 is 0 Å². The van der Waals surface area contributed by atoms with Crippen molar-refractivity contribution in [1.82, 2.24) is 4.90 Å². The lowest BCUT2D eigenvalue weighted by Gasteiger charge is -2.38. The Kier molecular flexibility index (Phi) is 5.20. The molecule has 1 aromatic rings. The summed E-state index contributed by atoms with van der Waals surface area (Å²) in [7, 11) is 0. The molecule has 2 nitrogen and oxygen atoms in total. The van der Waals surface area contributed by atoms with Gasteiger partial charge in [-0.2, -0.15) is 0 Å². The number of fused-ring (bicyclic) bond motifs is 1. The third-order valence-electron chi connectivity index (χ3n) is 5.93. The van der Waals surface area contributed by atoms with Gasteiger partial charge in [0.2, 0.25) is 0 Å². The fraction of sp³-hybridized carbons (Fsp3) is 0.700. The fourth-order valence-electron chi connectivity index (χ4n) is 4.42. The van der Waals surface area contributed by atoms with Gasteiger partial charge in [0.25, 0.3) is 0 Å². The highest BCUT2D eigenvalue weighted by Gasteiger charge is 2.28. The van der Waals surface area contributed by atoms with E-state index >= 15 is 0 Å². The van der Waals surface area contributed by atoms with Crippen LogP contribution in [0.4, 0.5) is 0 Å². The summed E-state index contributed by atoms with van der Waals surface area (Å²) in [4.78, 5) is 2.61. The van der Waals surface area contributed by atoms with Crippen molar-refractivity contribution in [1.29, 1.82) is 0 Å². The van der Waals surface area contributed by atoms with E-state index < -0.39 is 0 Å². The van der Waals surface area contributed by atoms with E-state index in [0.29, 0.717) is 12.0 Å². The van der Waals surface area contributed by atoms with Gasteiger partial charge in [0.1, 0.15) is 0 Å². The van der Waals surface area contributed by atoms with Crippen LogP contribution in [0.5, 0.6) is 0 Å². The van der Waals surface area contributed by atoms with E-state index in [1.54, 1.807) is 11.1 Å². The molecule has 0 amide bonds. The fourth-order valence-corrected chi connectivity index (χ4v) is 4.42. The Labute approximate surface area is 136 Å². The highest BCUT2D eigenvalue weighted by atomic mass is 15.1. The van der Waals surface area contributed by atoms with E-state index in [2.05, 4.69) is 36.9 Å². The molecule has 22 heavy (non-hydrogen) atoms. The molecule has 1 aliphatic heterocycles. The molecule has 122 valence electrons. The summed E-state index contributed by atoms with van der Waals surface area (Å²) in [6.07, 6.45) is 7.87. The molecule has 3 rings (SSSR count). The second-order valence-electron chi connectivity index (χ2n) is 7.54. The summed E-state index contributed by atoms with van der Waals surface area (Å²) in [5.41, 5.74) is 10.9. The molecule has 1 fully saturated rings. The minimum atomic E-state index is 0.557. The second kappa shape index (κ2) is 7.14. The van der Waals surface area contributed by atoms with Gasteiger partial charge in [-0.1, -0.05) is 18.2 Å². The standard InChI is InChI=1S/C20H32N2/c1-15(2)22-11-9-17(10-12-22)20(14-21)19-8-7-16-5-3-4-6-18(16)13-19/h7-8,13,15,17,20H,3-6,9-12,14,21H2,1-2H3. The number of piperidine rings is 1. The minimum Gasteiger partial charge on any atom is -0.330 e. The van der Waals surface area contributed by atoms with Gasteiger partial charge in [-0.25, -0.2) is 0 Å². The minimum absolute atomic E-state index is 0.557. The number of nitrogens with zero attached hydrogens (tertiary/aromatic N) is 1. The molecule has 1 aliphatic carbocycles. The quantitative estimate of drug-likeness (QED) is 0.918. The van der Waals surface area contributed by atoms with Crippen LogP contribution in [-0.4, -0.2) is 30.6 Å². The van der Waals surface area contributed by atoms with Crippen LogP contribution >= 0.6 is 0 Å². The molecule has 0 radical (unpaired) electrons. The first-order valence-corrected chi connectivity index (χ1v) is 9.25. The van der Waals surface area contributed by atoms with Crippen molar-refractivity contribution in [2.75, 3.05) is 19.6 Å². The van der Waals surface area contributed by atoms with Crippen LogP contribution in [0.25, 0.3) is 0 Å². The maximum Gasteiger partial charge on any atom is 0.00385 e. The van der Waals surface area contributed by atoms with Crippen molar-refractivity contribution < 1.29 is 0 Å². The normalized spacial score (nSPS) is 21.8. The maximum atomic E-state index is 6.19. The number of benzene rings is 1. The topological polar surface area (TPSA) is 29.3 Å². The molecule has 0 saturated carbocycles. The molecule has 2 heteroatoms. The van der Waals surface area contributed by atoms with E-state index in [0.717, 1.165) is 12.5 Å². The van der Waals surface area contributed by atoms with Crippen LogP contribution < -0.4 is 5.73 Å². The predicted octanol–water partition coefficient (Wildman–Crippen LogP) is 3.73. The van der Waals surface area contributed by atoms with Gasteiger partial charge in [-0.3, -0.25) is 0 Å². The Morgan fingerprint density at radius 3 is 2.41 bits per heavy atom. The largest absolute Gasteiger partial charge is 0.330 e. The van der Waals surface area contributed by atoms with Gasteiger partial charge in [0, 0.05) is 6.04 Å². The number of aryl methyl sites for hydroxylation is 2. The lowest BCUT2D eigenvalue weighted by molar-refractivity contribution is 0.138. The number of hydrogen-bond acceptors (Lipinski definition) is 2. The summed E-state index contributed by atoms with van der Waals surface area (Å²) in [5.74, 6) is 1.32. The summed E-state index contributed by atoms with van der Waals surface area (Å²) >= 11 is 0. The van der Waals surface area contributed by atoms with Crippen LogP contribution in [0.3, 0.4) is 0 Å². The smallest absolute Gasteiger partial charge is 0.00385 e. The lowest BCUT2D eigenvalue weighted by atomic mass is 9.78. The zero-order chi connectivity index (χ0) is 15.5. The van der Waals surface area contributed by atoms with Crippen LogP contribution in [0, 0.1) is 5.92 Å². The Balaban J connectivity index is 1.72. The first-order valence-electron chi connectivity index (χ1n) is 9.25. The number of rotatable bonds is 4. The predicted molar refractivity (Wildman–Crippen MR) is 94.3 cm³/mol. The van der Waals surface area contributed by atoms with Gasteiger partial charge in [0.15, 0.2) is 0 Å². The average Bonchev–Trinajstić information content (AvgIpc) is 2.56. The molecule has 1 atom stereocenters. The molecule has 0 aromatic heterocycles. The highest BCUT2D eigenvalue weighted by molar-refractivity contribution is 5.36. The van der Waals surface area contributed by atoms with Crippen molar-refractivity contribution in [2.45, 2.75) is 64.3 Å². The molecule has 0 spiro atoms. The van der Waals surface area contributed by atoms with Gasteiger partial charge in [0.05, 0.1) is 0 Å². The van der Waals surface area contributed by atoms with Crippen molar-refractivity contribution in [3.05, 3.63) is 34.9 Å². The molecule has 1 aromatic carbocycles. The first-order chi connectivity index (χ1) is 10.7. The summed E-state index contributed by atoms with van der Waals surface area (Å²) < 4.78 is 0. The molecule has 1 saturated heterocycles. The van der Waals surface area contributed by atoms with Crippen LogP contribution in [0.15, 0.2) is 18.2 Å². The monoisotopic (exact) mass is 300 g/mol. The van der Waals surface area contributed by atoms with Gasteiger partial charge in [-0.05, 0) is 101 Å². The number of likely N-dealkylation sites (tertiary alicyclic amines) is 1. The Morgan fingerprint density at radius 2 is 1.77 bits per heavy atom. The van der Waals surface area contributed by atoms with E-state index in [1.165, 1.54) is 57.2 Å². The third-order valence-corrected chi connectivity index (χ3v) is 5.93. The van der Waals surface area contributed by atoms with Crippen molar-refractivity contribution in [2.24, 2.45) is 11.7 Å². The molecule has 0 bridgehead atoms. The number of nitrogens with two attached hydrogens (primary N) is 1. The van der Waals surface area contributed by atoms with E-state index in [1.807, 2.05) is 0 Å². The van der Waals surface area contributed by atoms with Crippen LogP contribution in [0.1, 0.15) is 62.1 Å². The van der Waals surface area contributed by atoms with Gasteiger partial charge < -0.3 is 10.6 Å². The Morgan fingerprint density at radius 1 is 1.09 bits per heavy atom. The zero-order valence-electron chi connectivity index (χ0n) is 14.4. The number of hydrogen-bond donors (Lipinski definition) is 1. The SMILES string of the molecule is CC(C)N1CCC(C(CN)c2ccc3c(c2)CCCC3)CC1.